The summed E-state index contributed by atoms with van der Waals surface area (Å²) in [6, 6.07) is 0.514. The highest BCUT2D eigenvalue weighted by Crippen LogP contribution is 2.54. The predicted molar refractivity (Wildman–Crippen MR) is 64.8 cm³/mol. The molecule has 2 aliphatic rings. The fourth-order valence-electron chi connectivity index (χ4n) is 2.85. The van der Waals surface area contributed by atoms with Crippen LogP contribution in [0.25, 0.3) is 0 Å². The Hall–Kier alpha value is -0.0800. The highest BCUT2D eigenvalue weighted by Gasteiger charge is 2.61. The van der Waals surface area contributed by atoms with Crippen LogP contribution in [-0.4, -0.2) is 29.6 Å². The standard InChI is InChI=1S/C13H26N2/c1-4-5-6-7-12(2,3)15-9-13(10-15)8-11(13)14/h11H,4-10,14H2,1-3H3. The molecule has 88 valence electrons. The Bertz CT molecular complexity index is 229. The van der Waals surface area contributed by atoms with Crippen LogP contribution in [-0.2, 0) is 0 Å². The second-order valence-corrected chi connectivity index (χ2v) is 6.30. The van der Waals surface area contributed by atoms with E-state index in [1.165, 1.54) is 45.2 Å². The largest absolute Gasteiger partial charge is 0.327 e. The summed E-state index contributed by atoms with van der Waals surface area (Å²) in [4.78, 5) is 2.63. The van der Waals surface area contributed by atoms with E-state index in [1.807, 2.05) is 0 Å². The molecular formula is C13H26N2. The highest BCUT2D eigenvalue weighted by molar-refractivity contribution is 5.17. The van der Waals surface area contributed by atoms with E-state index in [0.717, 1.165) is 0 Å². The lowest BCUT2D eigenvalue weighted by Gasteiger charge is -2.50. The molecule has 1 heterocycles. The topological polar surface area (TPSA) is 29.3 Å². The summed E-state index contributed by atoms with van der Waals surface area (Å²) in [6.07, 6.45) is 6.69. The molecule has 0 aromatic rings. The van der Waals surface area contributed by atoms with Crippen LogP contribution >= 0.6 is 0 Å². The van der Waals surface area contributed by atoms with Gasteiger partial charge >= 0.3 is 0 Å². The van der Waals surface area contributed by atoms with Crippen molar-refractivity contribution in [2.24, 2.45) is 11.1 Å². The van der Waals surface area contributed by atoms with E-state index < -0.39 is 0 Å². The zero-order chi connectivity index (χ0) is 11.1. The van der Waals surface area contributed by atoms with E-state index in [9.17, 15) is 0 Å². The number of hydrogen-bond acceptors (Lipinski definition) is 2. The number of rotatable bonds is 5. The molecule has 1 aliphatic carbocycles. The Morgan fingerprint density at radius 3 is 2.40 bits per heavy atom. The highest BCUT2D eigenvalue weighted by atomic mass is 15.3. The Labute approximate surface area is 94.2 Å². The van der Waals surface area contributed by atoms with Gasteiger partial charge in [-0.3, -0.25) is 4.90 Å². The molecule has 1 aliphatic heterocycles. The van der Waals surface area contributed by atoms with Crippen molar-refractivity contribution in [1.29, 1.82) is 0 Å². The van der Waals surface area contributed by atoms with Gasteiger partial charge in [-0.15, -0.1) is 0 Å². The average Bonchev–Trinajstić information content (AvgIpc) is 2.75. The monoisotopic (exact) mass is 210 g/mol. The van der Waals surface area contributed by atoms with Crippen molar-refractivity contribution in [1.82, 2.24) is 4.90 Å². The molecule has 0 amide bonds. The third kappa shape index (κ3) is 2.07. The minimum Gasteiger partial charge on any atom is -0.327 e. The van der Waals surface area contributed by atoms with Crippen molar-refractivity contribution < 1.29 is 0 Å². The third-order valence-electron chi connectivity index (χ3n) is 4.51. The molecule has 1 unspecified atom stereocenters. The maximum Gasteiger partial charge on any atom is 0.0153 e. The van der Waals surface area contributed by atoms with Crippen molar-refractivity contribution >= 4 is 0 Å². The van der Waals surface area contributed by atoms with Crippen molar-refractivity contribution in [3.05, 3.63) is 0 Å². The molecule has 1 saturated carbocycles. The Balaban J connectivity index is 1.74. The predicted octanol–water partition coefficient (Wildman–Crippen LogP) is 2.38. The van der Waals surface area contributed by atoms with Crippen LogP contribution in [0.3, 0.4) is 0 Å². The van der Waals surface area contributed by atoms with E-state index >= 15 is 0 Å². The summed E-state index contributed by atoms with van der Waals surface area (Å²) >= 11 is 0. The number of nitrogens with two attached hydrogens (primary N) is 1. The zero-order valence-electron chi connectivity index (χ0n) is 10.6. The molecule has 2 nitrogen and oxygen atoms in total. The molecule has 1 saturated heterocycles. The van der Waals surface area contributed by atoms with Crippen molar-refractivity contribution in [2.45, 2.75) is 64.5 Å². The summed E-state index contributed by atoms with van der Waals surface area (Å²) in [7, 11) is 0. The molecular weight excluding hydrogens is 184 g/mol. The van der Waals surface area contributed by atoms with E-state index in [1.54, 1.807) is 0 Å². The Kier molecular flexibility index (Phi) is 2.85. The minimum absolute atomic E-state index is 0.405. The molecule has 2 fully saturated rings. The summed E-state index contributed by atoms with van der Waals surface area (Å²) in [5, 5.41) is 0. The molecule has 0 aromatic carbocycles. The fourth-order valence-corrected chi connectivity index (χ4v) is 2.85. The van der Waals surface area contributed by atoms with E-state index in [4.69, 9.17) is 5.73 Å². The maximum atomic E-state index is 5.96. The van der Waals surface area contributed by atoms with Gasteiger partial charge in [0.05, 0.1) is 0 Å². The maximum absolute atomic E-state index is 5.96. The van der Waals surface area contributed by atoms with Crippen molar-refractivity contribution in [2.75, 3.05) is 13.1 Å². The second kappa shape index (κ2) is 3.74. The van der Waals surface area contributed by atoms with Gasteiger partial charge in [0, 0.05) is 30.1 Å². The number of hydrogen-bond donors (Lipinski definition) is 1. The number of likely N-dealkylation sites (tertiary alicyclic amines) is 1. The Morgan fingerprint density at radius 1 is 1.33 bits per heavy atom. The summed E-state index contributed by atoms with van der Waals surface area (Å²) in [5.41, 5.74) is 6.93. The van der Waals surface area contributed by atoms with Gasteiger partial charge in [0.1, 0.15) is 0 Å². The average molecular weight is 210 g/mol. The second-order valence-electron chi connectivity index (χ2n) is 6.30. The smallest absolute Gasteiger partial charge is 0.0153 e. The first-order valence-corrected chi connectivity index (χ1v) is 6.51. The molecule has 0 radical (unpaired) electrons. The third-order valence-corrected chi connectivity index (χ3v) is 4.51. The molecule has 2 rings (SSSR count). The number of unbranched alkanes of at least 4 members (excludes halogenated alkanes) is 2. The molecule has 0 aromatic heterocycles. The van der Waals surface area contributed by atoms with Crippen molar-refractivity contribution in [3.63, 3.8) is 0 Å². The fraction of sp³-hybridized carbons (Fsp3) is 1.00. The first-order valence-electron chi connectivity index (χ1n) is 6.51. The van der Waals surface area contributed by atoms with Crippen LogP contribution in [0.4, 0.5) is 0 Å². The molecule has 2 N–H and O–H groups in total. The van der Waals surface area contributed by atoms with Gasteiger partial charge in [0.25, 0.3) is 0 Å². The van der Waals surface area contributed by atoms with Gasteiger partial charge in [0.15, 0.2) is 0 Å². The quantitative estimate of drug-likeness (QED) is 0.706. The van der Waals surface area contributed by atoms with Gasteiger partial charge < -0.3 is 5.73 Å². The summed E-state index contributed by atoms with van der Waals surface area (Å²) < 4.78 is 0. The van der Waals surface area contributed by atoms with Gasteiger partial charge in [-0.1, -0.05) is 26.2 Å². The van der Waals surface area contributed by atoms with Crippen LogP contribution in [0.1, 0.15) is 52.9 Å². The van der Waals surface area contributed by atoms with E-state index in [2.05, 4.69) is 25.7 Å². The summed E-state index contributed by atoms with van der Waals surface area (Å²) in [6.45, 7) is 9.57. The first-order chi connectivity index (χ1) is 7.00. The van der Waals surface area contributed by atoms with E-state index in [0.29, 0.717) is 17.0 Å². The van der Waals surface area contributed by atoms with Gasteiger partial charge in [-0.25, -0.2) is 0 Å². The molecule has 2 heteroatoms. The molecule has 0 bridgehead atoms. The van der Waals surface area contributed by atoms with Gasteiger partial charge in [-0.2, -0.15) is 0 Å². The normalized spacial score (nSPS) is 29.2. The molecule has 1 atom stereocenters. The van der Waals surface area contributed by atoms with Crippen LogP contribution in [0, 0.1) is 5.41 Å². The number of nitrogens with zero attached hydrogens (tertiary/aromatic N) is 1. The zero-order valence-corrected chi connectivity index (χ0v) is 10.6. The lowest BCUT2D eigenvalue weighted by atomic mass is 9.85. The minimum atomic E-state index is 0.405. The van der Waals surface area contributed by atoms with Gasteiger partial charge in [0.2, 0.25) is 0 Å². The van der Waals surface area contributed by atoms with Crippen molar-refractivity contribution in [3.8, 4) is 0 Å². The summed E-state index contributed by atoms with van der Waals surface area (Å²) in [5.74, 6) is 0. The van der Waals surface area contributed by atoms with Crippen LogP contribution in [0.5, 0.6) is 0 Å². The first kappa shape index (κ1) is 11.4. The Morgan fingerprint density at radius 2 is 1.93 bits per heavy atom. The van der Waals surface area contributed by atoms with Crippen LogP contribution < -0.4 is 5.73 Å². The lowest BCUT2D eigenvalue weighted by molar-refractivity contribution is -0.0181. The van der Waals surface area contributed by atoms with Gasteiger partial charge in [-0.05, 0) is 26.7 Å². The molecule has 15 heavy (non-hydrogen) atoms. The van der Waals surface area contributed by atoms with Crippen LogP contribution in [0.15, 0.2) is 0 Å². The lowest BCUT2D eigenvalue weighted by Crippen LogP contribution is -2.60. The van der Waals surface area contributed by atoms with Crippen LogP contribution in [0.2, 0.25) is 0 Å². The SMILES string of the molecule is CCCCCC(C)(C)N1CC2(CC2N)C1. The molecule has 1 spiro atoms. The van der Waals surface area contributed by atoms with E-state index in [-0.39, 0.29) is 0 Å².